The maximum Gasteiger partial charge on any atom is 0.416 e. The standard InChI is InChI=1S/C20H16F3NO4/c1-13(25)15-3-2-4-17(11-15)24-18(26)12-28-19(27)10-7-14-5-8-16(9-6-14)20(21,22)23/h2-11H,12H2,1H3,(H,24,26)/b10-7+. The predicted octanol–water partition coefficient (Wildman–Crippen LogP) is 4.10. The van der Waals surface area contributed by atoms with Crippen LogP contribution >= 0.6 is 0 Å². The SMILES string of the molecule is CC(=O)c1cccc(NC(=O)COC(=O)/C=C/c2ccc(C(F)(F)F)cc2)c1. The third-order valence-corrected chi connectivity index (χ3v) is 3.55. The second kappa shape index (κ2) is 8.98. The molecule has 0 aliphatic heterocycles. The molecule has 0 aliphatic rings. The summed E-state index contributed by atoms with van der Waals surface area (Å²) in [6.45, 7) is 0.839. The van der Waals surface area contributed by atoms with Crippen molar-refractivity contribution < 1.29 is 32.3 Å². The van der Waals surface area contributed by atoms with Gasteiger partial charge in [0.2, 0.25) is 0 Å². The summed E-state index contributed by atoms with van der Waals surface area (Å²) in [5.41, 5.74) is 0.386. The number of benzene rings is 2. The Morgan fingerprint density at radius 1 is 1.07 bits per heavy atom. The molecule has 0 heterocycles. The quantitative estimate of drug-likeness (QED) is 0.457. The fourth-order valence-corrected chi connectivity index (χ4v) is 2.15. The van der Waals surface area contributed by atoms with Crippen LogP contribution in [0.15, 0.2) is 54.6 Å². The van der Waals surface area contributed by atoms with Crippen molar-refractivity contribution in [1.29, 1.82) is 0 Å². The number of rotatable bonds is 6. The summed E-state index contributed by atoms with van der Waals surface area (Å²) in [7, 11) is 0. The van der Waals surface area contributed by atoms with Gasteiger partial charge in [-0.3, -0.25) is 9.59 Å². The Hall–Kier alpha value is -3.42. The van der Waals surface area contributed by atoms with Gasteiger partial charge in [-0.25, -0.2) is 4.79 Å². The van der Waals surface area contributed by atoms with Crippen molar-refractivity contribution in [2.24, 2.45) is 0 Å². The normalized spacial score (nSPS) is 11.3. The van der Waals surface area contributed by atoms with Gasteiger partial charge in [0.05, 0.1) is 5.56 Å². The highest BCUT2D eigenvalue weighted by Gasteiger charge is 2.29. The number of esters is 1. The fourth-order valence-electron chi connectivity index (χ4n) is 2.15. The first kappa shape index (κ1) is 20.9. The van der Waals surface area contributed by atoms with Crippen LogP contribution in [-0.4, -0.2) is 24.3 Å². The van der Waals surface area contributed by atoms with Gasteiger partial charge in [0, 0.05) is 17.3 Å². The Morgan fingerprint density at radius 3 is 2.36 bits per heavy atom. The summed E-state index contributed by atoms with van der Waals surface area (Å²) >= 11 is 0. The van der Waals surface area contributed by atoms with E-state index in [0.29, 0.717) is 16.8 Å². The smallest absolute Gasteiger partial charge is 0.416 e. The summed E-state index contributed by atoms with van der Waals surface area (Å²) in [5.74, 6) is -1.58. The Kier molecular flexibility index (Phi) is 6.70. The summed E-state index contributed by atoms with van der Waals surface area (Å²) in [6.07, 6.45) is -2.15. The molecule has 146 valence electrons. The van der Waals surface area contributed by atoms with Crippen LogP contribution in [0.4, 0.5) is 18.9 Å². The first-order valence-corrected chi connectivity index (χ1v) is 8.08. The van der Waals surface area contributed by atoms with Gasteiger partial charge in [0.1, 0.15) is 0 Å². The molecule has 0 saturated carbocycles. The fraction of sp³-hybridized carbons (Fsp3) is 0.150. The highest BCUT2D eigenvalue weighted by molar-refractivity contribution is 5.98. The maximum atomic E-state index is 12.5. The van der Waals surface area contributed by atoms with Crippen molar-refractivity contribution in [1.82, 2.24) is 0 Å². The van der Waals surface area contributed by atoms with Crippen molar-refractivity contribution in [3.05, 3.63) is 71.3 Å². The van der Waals surface area contributed by atoms with E-state index in [2.05, 4.69) is 5.32 Å². The molecule has 0 aromatic heterocycles. The molecule has 0 unspecified atom stereocenters. The first-order valence-electron chi connectivity index (χ1n) is 8.08. The van der Waals surface area contributed by atoms with Crippen molar-refractivity contribution in [3.63, 3.8) is 0 Å². The van der Waals surface area contributed by atoms with Crippen LogP contribution < -0.4 is 5.32 Å². The Bertz CT molecular complexity index is 902. The van der Waals surface area contributed by atoms with Crippen LogP contribution in [0.2, 0.25) is 0 Å². The van der Waals surface area contributed by atoms with Crippen LogP contribution in [-0.2, 0) is 20.5 Å². The molecule has 28 heavy (non-hydrogen) atoms. The van der Waals surface area contributed by atoms with E-state index >= 15 is 0 Å². The van der Waals surface area contributed by atoms with Gasteiger partial charge < -0.3 is 10.1 Å². The average Bonchev–Trinajstić information content (AvgIpc) is 2.64. The zero-order chi connectivity index (χ0) is 20.7. The van der Waals surface area contributed by atoms with E-state index in [1.54, 1.807) is 18.2 Å². The van der Waals surface area contributed by atoms with Gasteiger partial charge in [0.15, 0.2) is 12.4 Å². The lowest BCUT2D eigenvalue weighted by Crippen LogP contribution is -2.20. The van der Waals surface area contributed by atoms with Gasteiger partial charge in [-0.1, -0.05) is 24.3 Å². The molecular formula is C20H16F3NO4. The molecular weight excluding hydrogens is 375 g/mol. The van der Waals surface area contributed by atoms with Gasteiger partial charge in [-0.2, -0.15) is 13.2 Å². The number of halogens is 3. The third kappa shape index (κ3) is 6.39. The van der Waals surface area contributed by atoms with Crippen LogP contribution in [0, 0.1) is 0 Å². The predicted molar refractivity (Wildman–Crippen MR) is 96.5 cm³/mol. The minimum atomic E-state index is -4.43. The molecule has 2 rings (SSSR count). The van der Waals surface area contributed by atoms with Crippen LogP contribution in [0.1, 0.15) is 28.4 Å². The van der Waals surface area contributed by atoms with Crippen LogP contribution in [0.25, 0.3) is 6.08 Å². The second-order valence-electron chi connectivity index (χ2n) is 5.75. The number of alkyl halides is 3. The summed E-state index contributed by atoms with van der Waals surface area (Å²) in [6, 6.07) is 10.5. The molecule has 0 atom stereocenters. The zero-order valence-electron chi connectivity index (χ0n) is 14.7. The number of amides is 1. The molecule has 8 heteroatoms. The molecule has 0 bridgehead atoms. The van der Waals surface area contributed by atoms with E-state index in [9.17, 15) is 27.6 Å². The molecule has 1 amide bonds. The topological polar surface area (TPSA) is 72.5 Å². The van der Waals surface area contributed by atoms with Gasteiger partial charge >= 0.3 is 12.1 Å². The number of carbonyl (C=O) groups is 3. The van der Waals surface area contributed by atoms with Crippen LogP contribution in [0.5, 0.6) is 0 Å². The van der Waals surface area contributed by atoms with E-state index in [1.165, 1.54) is 31.2 Å². The average molecular weight is 391 g/mol. The number of anilines is 1. The Labute approximate surface area is 158 Å². The maximum absolute atomic E-state index is 12.5. The minimum absolute atomic E-state index is 0.157. The highest BCUT2D eigenvalue weighted by Crippen LogP contribution is 2.29. The third-order valence-electron chi connectivity index (χ3n) is 3.55. The summed E-state index contributed by atoms with van der Waals surface area (Å²) in [4.78, 5) is 34.7. The number of ether oxygens (including phenoxy) is 1. The number of ketones is 1. The van der Waals surface area contributed by atoms with E-state index < -0.39 is 30.2 Å². The zero-order valence-corrected chi connectivity index (χ0v) is 14.7. The number of hydrogen-bond donors (Lipinski definition) is 1. The van der Waals surface area contributed by atoms with E-state index in [-0.39, 0.29) is 5.78 Å². The van der Waals surface area contributed by atoms with E-state index in [0.717, 1.165) is 18.2 Å². The Morgan fingerprint density at radius 2 is 1.75 bits per heavy atom. The lowest BCUT2D eigenvalue weighted by atomic mass is 10.1. The molecule has 0 fully saturated rings. The Balaban J connectivity index is 1.84. The van der Waals surface area contributed by atoms with Crippen LogP contribution in [0.3, 0.4) is 0 Å². The summed E-state index contributed by atoms with van der Waals surface area (Å²) in [5, 5.41) is 2.49. The lowest BCUT2D eigenvalue weighted by Gasteiger charge is -2.07. The molecule has 2 aromatic carbocycles. The molecule has 0 radical (unpaired) electrons. The molecule has 1 N–H and O–H groups in total. The van der Waals surface area contributed by atoms with Crippen molar-refractivity contribution in [3.8, 4) is 0 Å². The van der Waals surface area contributed by atoms with Crippen molar-refractivity contribution in [2.45, 2.75) is 13.1 Å². The molecule has 0 spiro atoms. The molecule has 0 saturated heterocycles. The summed E-state index contributed by atoms with van der Waals surface area (Å²) < 4.78 is 42.2. The minimum Gasteiger partial charge on any atom is -0.452 e. The first-order chi connectivity index (χ1) is 13.1. The van der Waals surface area contributed by atoms with Gasteiger partial charge in [0.25, 0.3) is 5.91 Å². The van der Waals surface area contributed by atoms with E-state index in [1.807, 2.05) is 0 Å². The monoisotopic (exact) mass is 391 g/mol. The number of carbonyl (C=O) groups excluding carboxylic acids is 3. The molecule has 2 aromatic rings. The van der Waals surface area contributed by atoms with Crippen molar-refractivity contribution in [2.75, 3.05) is 11.9 Å². The molecule has 0 aliphatic carbocycles. The molecule has 5 nitrogen and oxygen atoms in total. The second-order valence-corrected chi connectivity index (χ2v) is 5.75. The van der Waals surface area contributed by atoms with E-state index in [4.69, 9.17) is 4.74 Å². The highest BCUT2D eigenvalue weighted by atomic mass is 19.4. The number of nitrogens with one attached hydrogen (secondary N) is 1. The number of hydrogen-bond acceptors (Lipinski definition) is 4. The van der Waals surface area contributed by atoms with Gasteiger partial charge in [-0.05, 0) is 42.8 Å². The lowest BCUT2D eigenvalue weighted by molar-refractivity contribution is -0.142. The van der Waals surface area contributed by atoms with Crippen molar-refractivity contribution >= 4 is 29.4 Å². The van der Waals surface area contributed by atoms with Gasteiger partial charge in [-0.15, -0.1) is 0 Å². The number of Topliss-reactive ketones (excluding diaryl/α,β-unsaturated/α-hetero) is 1. The largest absolute Gasteiger partial charge is 0.452 e.